The average molecular weight is 220 g/mol. The van der Waals surface area contributed by atoms with Crippen LogP contribution >= 0.6 is 0 Å². The first kappa shape index (κ1) is 12.7. The number of hydrogen-bond acceptors (Lipinski definition) is 3. The highest BCUT2D eigenvalue weighted by Gasteiger charge is 2.01. The number of aromatic nitrogens is 1. The summed E-state index contributed by atoms with van der Waals surface area (Å²) in [5, 5.41) is 0. The SMILES string of the molecule is CC(=O)[n+]1ccccc1.O=S(=O)(O)O. The molecule has 0 unspecified atom stereocenters. The third-order valence-corrected chi connectivity index (χ3v) is 1.08. The zero-order valence-electron chi connectivity index (χ0n) is 7.36. The Bertz CT molecular complexity index is 378. The first-order valence-electron chi connectivity index (χ1n) is 3.48. The van der Waals surface area contributed by atoms with E-state index in [1.165, 1.54) is 11.5 Å². The third-order valence-electron chi connectivity index (χ3n) is 1.08. The summed E-state index contributed by atoms with van der Waals surface area (Å²) in [5.41, 5.74) is 0. The van der Waals surface area contributed by atoms with Gasteiger partial charge in [0.25, 0.3) is 0 Å². The highest BCUT2D eigenvalue weighted by atomic mass is 32.3. The molecule has 1 rings (SSSR count). The zero-order valence-corrected chi connectivity index (χ0v) is 8.18. The Hall–Kier alpha value is -1.31. The molecule has 0 saturated heterocycles. The van der Waals surface area contributed by atoms with Gasteiger partial charge in [0.05, 0.1) is 6.92 Å². The van der Waals surface area contributed by atoms with Crippen molar-refractivity contribution in [3.05, 3.63) is 30.6 Å². The van der Waals surface area contributed by atoms with Crippen LogP contribution in [0.4, 0.5) is 0 Å². The van der Waals surface area contributed by atoms with Crippen LogP contribution in [0.3, 0.4) is 0 Å². The van der Waals surface area contributed by atoms with Gasteiger partial charge in [-0.1, -0.05) is 6.07 Å². The Kier molecular flexibility index (Phi) is 4.92. The summed E-state index contributed by atoms with van der Waals surface area (Å²) in [6.07, 6.45) is 3.45. The Balaban J connectivity index is 0.000000292. The molecule has 0 aromatic carbocycles. The summed E-state index contributed by atoms with van der Waals surface area (Å²) < 4.78 is 33.1. The smallest absolute Gasteiger partial charge is 0.264 e. The largest absolute Gasteiger partial charge is 0.394 e. The van der Waals surface area contributed by atoms with Crippen LogP contribution in [0, 0.1) is 0 Å². The summed E-state index contributed by atoms with van der Waals surface area (Å²) in [5.74, 6) is 0.0376. The van der Waals surface area contributed by atoms with Gasteiger partial charge in [0.2, 0.25) is 0 Å². The van der Waals surface area contributed by atoms with E-state index in [1.54, 1.807) is 12.4 Å². The lowest BCUT2D eigenvalue weighted by Crippen LogP contribution is -2.38. The lowest BCUT2D eigenvalue weighted by atomic mass is 10.5. The molecule has 6 nitrogen and oxygen atoms in total. The highest BCUT2D eigenvalue weighted by Crippen LogP contribution is 1.75. The topological polar surface area (TPSA) is 95.5 Å². The van der Waals surface area contributed by atoms with Crippen molar-refractivity contribution in [3.8, 4) is 0 Å². The van der Waals surface area contributed by atoms with Crippen LogP contribution < -0.4 is 4.57 Å². The van der Waals surface area contributed by atoms with E-state index in [-0.39, 0.29) is 5.91 Å². The Morgan fingerprint density at radius 3 is 1.71 bits per heavy atom. The van der Waals surface area contributed by atoms with E-state index < -0.39 is 10.4 Å². The van der Waals surface area contributed by atoms with Gasteiger partial charge in [-0.15, -0.1) is 4.57 Å². The minimum Gasteiger partial charge on any atom is -0.264 e. The summed E-state index contributed by atoms with van der Waals surface area (Å²) in [4.78, 5) is 10.6. The molecule has 78 valence electrons. The summed E-state index contributed by atoms with van der Waals surface area (Å²) in [7, 11) is -4.67. The van der Waals surface area contributed by atoms with Gasteiger partial charge >= 0.3 is 16.3 Å². The molecule has 0 radical (unpaired) electrons. The summed E-state index contributed by atoms with van der Waals surface area (Å²) >= 11 is 0. The van der Waals surface area contributed by atoms with Gasteiger partial charge in [-0.2, -0.15) is 8.42 Å². The van der Waals surface area contributed by atoms with Crippen LogP contribution in [0.5, 0.6) is 0 Å². The maximum absolute atomic E-state index is 10.6. The fourth-order valence-corrected chi connectivity index (χ4v) is 0.609. The maximum atomic E-state index is 10.6. The van der Waals surface area contributed by atoms with Crippen LogP contribution in [-0.4, -0.2) is 23.4 Å². The van der Waals surface area contributed by atoms with Crippen molar-refractivity contribution in [2.45, 2.75) is 6.92 Å². The summed E-state index contributed by atoms with van der Waals surface area (Å²) in [6.45, 7) is 1.53. The lowest BCUT2D eigenvalue weighted by molar-refractivity contribution is -0.572. The second-order valence-electron chi connectivity index (χ2n) is 2.25. The Labute approximate surface area is 81.4 Å². The van der Waals surface area contributed by atoms with E-state index in [2.05, 4.69) is 0 Å². The molecule has 1 aromatic heterocycles. The maximum Gasteiger partial charge on any atom is 0.394 e. The molecular formula is C7H10NO5S+. The van der Waals surface area contributed by atoms with Gasteiger partial charge in [0.15, 0.2) is 12.4 Å². The number of nitrogens with zero attached hydrogens (tertiary/aromatic N) is 1. The number of hydrogen-bond donors (Lipinski definition) is 2. The van der Waals surface area contributed by atoms with Crippen molar-refractivity contribution < 1.29 is 26.9 Å². The first-order valence-corrected chi connectivity index (χ1v) is 4.87. The van der Waals surface area contributed by atoms with Gasteiger partial charge < -0.3 is 0 Å². The number of carbonyl (C=O) groups is 1. The van der Waals surface area contributed by atoms with Gasteiger partial charge in [0.1, 0.15) is 0 Å². The van der Waals surface area contributed by atoms with Crippen LogP contribution in [0.25, 0.3) is 0 Å². The van der Waals surface area contributed by atoms with Crippen molar-refractivity contribution in [1.82, 2.24) is 0 Å². The molecule has 0 bridgehead atoms. The molecule has 0 fully saturated rings. The van der Waals surface area contributed by atoms with Crippen LogP contribution in [0.15, 0.2) is 30.6 Å². The number of pyridine rings is 1. The van der Waals surface area contributed by atoms with Crippen molar-refractivity contribution in [3.63, 3.8) is 0 Å². The second-order valence-corrected chi connectivity index (χ2v) is 3.15. The fraction of sp³-hybridized carbons (Fsp3) is 0.143. The molecule has 0 aliphatic heterocycles. The molecule has 1 aromatic rings. The minimum atomic E-state index is -4.67. The average Bonchev–Trinajstić information content (AvgIpc) is 2.03. The Morgan fingerprint density at radius 1 is 1.14 bits per heavy atom. The highest BCUT2D eigenvalue weighted by molar-refractivity contribution is 7.79. The predicted octanol–water partition coefficient (Wildman–Crippen LogP) is -0.0186. The van der Waals surface area contributed by atoms with E-state index in [0.717, 1.165) is 0 Å². The Morgan fingerprint density at radius 2 is 1.50 bits per heavy atom. The molecule has 0 aliphatic rings. The standard InChI is InChI=1S/C7H8NO.H2O4S/c1-7(9)8-5-3-2-4-6-8;1-5(2,3)4/h2-6H,1H3;(H2,1,2,3,4)/q+1;. The van der Waals surface area contributed by atoms with Crippen LogP contribution in [0.2, 0.25) is 0 Å². The molecule has 2 N–H and O–H groups in total. The van der Waals surface area contributed by atoms with E-state index in [1.807, 2.05) is 18.2 Å². The van der Waals surface area contributed by atoms with Crippen LogP contribution in [-0.2, 0) is 10.4 Å². The van der Waals surface area contributed by atoms with Gasteiger partial charge in [0, 0.05) is 12.1 Å². The predicted molar refractivity (Wildman–Crippen MR) is 47.1 cm³/mol. The quantitative estimate of drug-likeness (QED) is 0.473. The van der Waals surface area contributed by atoms with Crippen LogP contribution in [0.1, 0.15) is 11.7 Å². The number of carbonyl (C=O) groups excluding carboxylic acids is 1. The first-order chi connectivity index (χ1) is 6.30. The molecule has 14 heavy (non-hydrogen) atoms. The van der Waals surface area contributed by atoms with E-state index >= 15 is 0 Å². The second kappa shape index (κ2) is 5.43. The van der Waals surface area contributed by atoms with Crippen molar-refractivity contribution in [1.29, 1.82) is 0 Å². The van der Waals surface area contributed by atoms with Gasteiger partial charge in [-0.05, 0) is 0 Å². The molecule has 0 spiro atoms. The molecule has 0 saturated carbocycles. The van der Waals surface area contributed by atoms with E-state index in [0.29, 0.717) is 0 Å². The minimum absolute atomic E-state index is 0.0376. The lowest BCUT2D eigenvalue weighted by Gasteiger charge is -1.83. The molecular weight excluding hydrogens is 210 g/mol. The molecule has 0 amide bonds. The molecule has 7 heteroatoms. The van der Waals surface area contributed by atoms with Crippen molar-refractivity contribution >= 4 is 16.3 Å². The van der Waals surface area contributed by atoms with E-state index in [4.69, 9.17) is 17.5 Å². The van der Waals surface area contributed by atoms with Gasteiger partial charge in [-0.3, -0.25) is 9.11 Å². The normalized spacial score (nSPS) is 9.93. The van der Waals surface area contributed by atoms with Crippen molar-refractivity contribution in [2.75, 3.05) is 0 Å². The zero-order chi connectivity index (χ0) is 11.2. The molecule has 0 atom stereocenters. The van der Waals surface area contributed by atoms with Crippen molar-refractivity contribution in [2.24, 2.45) is 0 Å². The number of rotatable bonds is 0. The van der Waals surface area contributed by atoms with E-state index in [9.17, 15) is 4.79 Å². The van der Waals surface area contributed by atoms with Gasteiger partial charge in [-0.25, -0.2) is 4.79 Å². The fourth-order valence-electron chi connectivity index (χ4n) is 0.609. The monoisotopic (exact) mass is 220 g/mol. The summed E-state index contributed by atoms with van der Waals surface area (Å²) in [6, 6.07) is 5.52. The molecule has 0 aliphatic carbocycles. The third kappa shape index (κ3) is 8.78. The molecule has 1 heterocycles.